The number of hydrogen-bond acceptors (Lipinski definition) is 5. The van der Waals surface area contributed by atoms with E-state index in [0.717, 1.165) is 25.1 Å². The van der Waals surface area contributed by atoms with Gasteiger partial charge in [-0.2, -0.15) is 0 Å². The Bertz CT molecular complexity index is 598. The van der Waals surface area contributed by atoms with Crippen molar-refractivity contribution < 1.29 is 4.79 Å². The molecule has 1 aromatic heterocycles. The lowest BCUT2D eigenvalue weighted by Crippen LogP contribution is -2.23. The zero-order valence-corrected chi connectivity index (χ0v) is 13.6. The molecule has 2 N–H and O–H groups in total. The van der Waals surface area contributed by atoms with Crippen molar-refractivity contribution in [2.24, 2.45) is 0 Å². The normalized spacial score (nSPS) is 10.6. The summed E-state index contributed by atoms with van der Waals surface area (Å²) in [6.45, 7) is 2.30. The van der Waals surface area contributed by atoms with Crippen LogP contribution < -0.4 is 10.6 Å². The first-order valence-electron chi connectivity index (χ1n) is 7.68. The number of hydrogen-bond donors (Lipinski definition) is 2. The third-order valence-corrected chi connectivity index (χ3v) is 3.28. The van der Waals surface area contributed by atoms with E-state index in [4.69, 9.17) is 0 Å². The highest BCUT2D eigenvalue weighted by atomic mass is 16.1. The molecule has 0 radical (unpaired) electrons. The number of nitrogens with one attached hydrogen (secondary N) is 2. The minimum absolute atomic E-state index is 0.173. The van der Waals surface area contributed by atoms with Crippen LogP contribution >= 0.6 is 0 Å². The third-order valence-electron chi connectivity index (χ3n) is 3.28. The SMILES string of the molecule is CN(C)CCCNc1ncc(C(=O)NCc2ccccc2)cn1. The number of aromatic nitrogens is 2. The van der Waals surface area contributed by atoms with Gasteiger partial charge in [0.2, 0.25) is 5.95 Å². The Morgan fingerprint density at radius 2 is 1.83 bits per heavy atom. The van der Waals surface area contributed by atoms with Gasteiger partial charge in [0.1, 0.15) is 0 Å². The first-order valence-corrected chi connectivity index (χ1v) is 7.68. The molecule has 6 heteroatoms. The Balaban J connectivity index is 1.78. The van der Waals surface area contributed by atoms with Crippen LogP contribution in [0.5, 0.6) is 0 Å². The van der Waals surface area contributed by atoms with Crippen molar-refractivity contribution in [2.75, 3.05) is 32.5 Å². The summed E-state index contributed by atoms with van der Waals surface area (Å²) in [5.41, 5.74) is 1.51. The van der Waals surface area contributed by atoms with Crippen LogP contribution in [-0.4, -0.2) is 48.0 Å². The molecule has 1 heterocycles. The van der Waals surface area contributed by atoms with Crippen LogP contribution in [0.1, 0.15) is 22.3 Å². The highest BCUT2D eigenvalue weighted by Crippen LogP contribution is 2.02. The van der Waals surface area contributed by atoms with Crippen LogP contribution in [0.25, 0.3) is 0 Å². The van der Waals surface area contributed by atoms with E-state index in [1.54, 1.807) is 12.4 Å². The predicted octanol–water partition coefficient (Wildman–Crippen LogP) is 1.77. The largest absolute Gasteiger partial charge is 0.354 e. The van der Waals surface area contributed by atoms with E-state index in [9.17, 15) is 4.79 Å². The molecule has 122 valence electrons. The second-order valence-electron chi connectivity index (χ2n) is 5.55. The summed E-state index contributed by atoms with van der Waals surface area (Å²) >= 11 is 0. The molecule has 1 amide bonds. The zero-order chi connectivity index (χ0) is 16.5. The smallest absolute Gasteiger partial charge is 0.254 e. The highest BCUT2D eigenvalue weighted by Gasteiger charge is 2.06. The van der Waals surface area contributed by atoms with E-state index < -0.39 is 0 Å². The average molecular weight is 313 g/mol. The molecule has 6 nitrogen and oxygen atoms in total. The van der Waals surface area contributed by atoms with Crippen LogP contribution in [0.15, 0.2) is 42.7 Å². The van der Waals surface area contributed by atoms with E-state index in [1.807, 2.05) is 44.4 Å². The first kappa shape index (κ1) is 16.9. The van der Waals surface area contributed by atoms with Gasteiger partial charge in [-0.1, -0.05) is 30.3 Å². The predicted molar refractivity (Wildman–Crippen MR) is 91.3 cm³/mol. The van der Waals surface area contributed by atoms with Crippen molar-refractivity contribution in [3.8, 4) is 0 Å². The molecule has 2 rings (SSSR count). The summed E-state index contributed by atoms with van der Waals surface area (Å²) in [5, 5.41) is 6.00. The number of anilines is 1. The Hall–Kier alpha value is -2.47. The quantitative estimate of drug-likeness (QED) is 0.727. The average Bonchev–Trinajstić information content (AvgIpc) is 2.58. The fourth-order valence-electron chi connectivity index (χ4n) is 2.01. The molecular weight excluding hydrogens is 290 g/mol. The number of benzene rings is 1. The maximum Gasteiger partial charge on any atom is 0.254 e. The third kappa shape index (κ3) is 6.04. The lowest BCUT2D eigenvalue weighted by Gasteiger charge is -2.10. The molecule has 1 aromatic carbocycles. The number of rotatable bonds is 8. The Labute approximate surface area is 137 Å². The molecule has 2 aromatic rings. The van der Waals surface area contributed by atoms with E-state index >= 15 is 0 Å². The van der Waals surface area contributed by atoms with Gasteiger partial charge in [-0.15, -0.1) is 0 Å². The van der Waals surface area contributed by atoms with Crippen molar-refractivity contribution >= 4 is 11.9 Å². The molecule has 0 aliphatic rings. The summed E-state index contributed by atoms with van der Waals surface area (Å²) in [6, 6.07) is 9.78. The standard InChI is InChI=1S/C17H23N5O/c1-22(2)10-6-9-18-17-20-12-15(13-21-17)16(23)19-11-14-7-4-3-5-8-14/h3-5,7-8,12-13H,6,9-11H2,1-2H3,(H,19,23)(H,18,20,21). The van der Waals surface area contributed by atoms with Crippen LogP contribution in [0, 0.1) is 0 Å². The van der Waals surface area contributed by atoms with Crippen molar-refractivity contribution in [2.45, 2.75) is 13.0 Å². The molecule has 0 aliphatic heterocycles. The van der Waals surface area contributed by atoms with Gasteiger partial charge in [0, 0.05) is 25.5 Å². The molecule has 0 unspecified atom stereocenters. The van der Waals surface area contributed by atoms with Gasteiger partial charge in [0.05, 0.1) is 5.56 Å². The fraction of sp³-hybridized carbons (Fsp3) is 0.353. The lowest BCUT2D eigenvalue weighted by atomic mass is 10.2. The number of carbonyl (C=O) groups excluding carboxylic acids is 1. The number of amides is 1. The van der Waals surface area contributed by atoms with E-state index in [1.165, 1.54) is 0 Å². The van der Waals surface area contributed by atoms with Crippen molar-refractivity contribution in [1.82, 2.24) is 20.2 Å². The molecule has 0 saturated heterocycles. The molecule has 0 saturated carbocycles. The topological polar surface area (TPSA) is 70.2 Å². The van der Waals surface area contributed by atoms with Crippen LogP contribution in [0.4, 0.5) is 5.95 Å². The maximum absolute atomic E-state index is 12.0. The van der Waals surface area contributed by atoms with Gasteiger partial charge in [-0.25, -0.2) is 9.97 Å². The minimum Gasteiger partial charge on any atom is -0.354 e. The molecule has 23 heavy (non-hydrogen) atoms. The molecule has 0 bridgehead atoms. The van der Waals surface area contributed by atoms with Gasteiger partial charge >= 0.3 is 0 Å². The monoisotopic (exact) mass is 313 g/mol. The highest BCUT2D eigenvalue weighted by molar-refractivity contribution is 5.93. The van der Waals surface area contributed by atoms with E-state index in [2.05, 4.69) is 25.5 Å². The summed E-state index contributed by atoms with van der Waals surface area (Å²) in [4.78, 5) is 22.5. The minimum atomic E-state index is -0.173. The Morgan fingerprint density at radius 3 is 2.48 bits per heavy atom. The van der Waals surface area contributed by atoms with E-state index in [0.29, 0.717) is 18.1 Å². The molecular formula is C17H23N5O. The van der Waals surface area contributed by atoms with Crippen molar-refractivity contribution in [3.05, 3.63) is 53.9 Å². The van der Waals surface area contributed by atoms with Gasteiger partial charge in [0.15, 0.2) is 0 Å². The molecule has 0 spiro atoms. The summed E-state index contributed by atoms with van der Waals surface area (Å²) in [6.07, 6.45) is 4.10. The lowest BCUT2D eigenvalue weighted by molar-refractivity contribution is 0.0950. The Kier molecular flexibility index (Phi) is 6.50. The van der Waals surface area contributed by atoms with Crippen LogP contribution in [0.3, 0.4) is 0 Å². The van der Waals surface area contributed by atoms with Gasteiger partial charge < -0.3 is 15.5 Å². The Morgan fingerprint density at radius 1 is 1.13 bits per heavy atom. The summed E-state index contributed by atoms with van der Waals surface area (Å²) in [7, 11) is 4.08. The number of nitrogens with zero attached hydrogens (tertiary/aromatic N) is 3. The van der Waals surface area contributed by atoms with Crippen LogP contribution in [-0.2, 0) is 6.54 Å². The van der Waals surface area contributed by atoms with Gasteiger partial charge in [-0.3, -0.25) is 4.79 Å². The van der Waals surface area contributed by atoms with E-state index in [-0.39, 0.29) is 5.91 Å². The second-order valence-corrected chi connectivity index (χ2v) is 5.55. The van der Waals surface area contributed by atoms with Crippen molar-refractivity contribution in [3.63, 3.8) is 0 Å². The molecule has 0 atom stereocenters. The zero-order valence-electron chi connectivity index (χ0n) is 13.6. The number of carbonyl (C=O) groups is 1. The first-order chi connectivity index (χ1) is 11.1. The second kappa shape index (κ2) is 8.85. The van der Waals surface area contributed by atoms with Gasteiger partial charge in [0.25, 0.3) is 5.91 Å². The fourth-order valence-corrected chi connectivity index (χ4v) is 2.01. The van der Waals surface area contributed by atoms with Crippen LogP contribution in [0.2, 0.25) is 0 Å². The summed E-state index contributed by atoms with van der Waals surface area (Å²) in [5.74, 6) is 0.372. The molecule has 0 aliphatic carbocycles. The van der Waals surface area contributed by atoms with Gasteiger partial charge in [-0.05, 0) is 32.6 Å². The van der Waals surface area contributed by atoms with Crippen molar-refractivity contribution in [1.29, 1.82) is 0 Å². The maximum atomic E-state index is 12.0. The summed E-state index contributed by atoms with van der Waals surface area (Å²) < 4.78 is 0. The molecule has 0 fully saturated rings.